The summed E-state index contributed by atoms with van der Waals surface area (Å²) in [5, 5.41) is 25.0. The quantitative estimate of drug-likeness (QED) is 0.721. The fourth-order valence-electron chi connectivity index (χ4n) is 3.55. The molecule has 0 amide bonds. The monoisotopic (exact) mass is 342 g/mol. The highest BCUT2D eigenvalue weighted by Crippen LogP contribution is 2.21. The smallest absolute Gasteiger partial charge is 0.135 e. The molecule has 1 aromatic carbocycles. The van der Waals surface area contributed by atoms with Gasteiger partial charge in [0.15, 0.2) is 0 Å². The van der Waals surface area contributed by atoms with E-state index in [1.54, 1.807) is 0 Å². The molecule has 0 bridgehead atoms. The minimum absolute atomic E-state index is 0.112. The first kappa shape index (κ1) is 16.2. The highest BCUT2D eigenvalue weighted by Gasteiger charge is 2.21. The highest BCUT2D eigenvalue weighted by molar-refractivity contribution is 5.73. The largest absolute Gasteiger partial charge is 0.396 e. The van der Waals surface area contributed by atoms with Crippen LogP contribution in [0, 0.1) is 5.92 Å². The Bertz CT molecular complexity index is 829. The summed E-state index contributed by atoms with van der Waals surface area (Å²) in [5.74, 6) is 0.565. The van der Waals surface area contributed by atoms with E-state index in [0.29, 0.717) is 12.3 Å². The number of fused-ring (bicyclic) bond motifs is 1. The molecule has 0 unspecified atom stereocenters. The predicted molar refractivity (Wildman–Crippen MR) is 90.6 cm³/mol. The molecule has 1 N–H and O–H groups in total. The van der Waals surface area contributed by atoms with E-state index < -0.39 is 0 Å². The van der Waals surface area contributed by atoms with Crippen molar-refractivity contribution >= 4 is 11.0 Å². The number of aliphatic hydroxyl groups excluding tert-OH is 1. The Morgan fingerprint density at radius 2 is 2.16 bits per heavy atom. The van der Waals surface area contributed by atoms with Gasteiger partial charge in [0.05, 0.1) is 5.69 Å². The van der Waals surface area contributed by atoms with Gasteiger partial charge in [-0.25, -0.2) is 4.63 Å². The Balaban J connectivity index is 1.36. The molecular weight excluding hydrogens is 320 g/mol. The van der Waals surface area contributed by atoms with Crippen LogP contribution in [0.3, 0.4) is 0 Å². The number of piperidine rings is 1. The van der Waals surface area contributed by atoms with Gasteiger partial charge < -0.3 is 5.11 Å². The van der Waals surface area contributed by atoms with Crippen LogP contribution < -0.4 is 0 Å². The van der Waals surface area contributed by atoms with Gasteiger partial charge in [0.2, 0.25) is 0 Å². The summed E-state index contributed by atoms with van der Waals surface area (Å²) in [6.07, 6.45) is 4.91. The number of likely N-dealkylation sites (tertiary alicyclic amines) is 1. The molecule has 0 radical (unpaired) electrons. The van der Waals surface area contributed by atoms with Crippen molar-refractivity contribution in [2.75, 3.05) is 19.7 Å². The Morgan fingerprint density at radius 1 is 1.24 bits per heavy atom. The van der Waals surface area contributed by atoms with Gasteiger partial charge in [0.1, 0.15) is 11.0 Å². The van der Waals surface area contributed by atoms with Crippen LogP contribution in [-0.4, -0.2) is 55.0 Å². The van der Waals surface area contributed by atoms with Crippen molar-refractivity contribution in [2.24, 2.45) is 5.92 Å². The van der Waals surface area contributed by atoms with Gasteiger partial charge in [-0.15, -0.1) is 5.10 Å². The topological polar surface area (TPSA) is 93.1 Å². The highest BCUT2D eigenvalue weighted by atomic mass is 16.6. The van der Waals surface area contributed by atoms with Crippen LogP contribution in [-0.2, 0) is 19.5 Å². The molecule has 8 heteroatoms. The van der Waals surface area contributed by atoms with Crippen molar-refractivity contribution in [3.05, 3.63) is 35.7 Å². The van der Waals surface area contributed by atoms with E-state index in [1.807, 2.05) is 23.0 Å². The molecule has 8 nitrogen and oxygen atoms in total. The molecule has 1 aliphatic rings. The second-order valence-corrected chi connectivity index (χ2v) is 6.74. The summed E-state index contributed by atoms with van der Waals surface area (Å²) in [6.45, 7) is 4.05. The average Bonchev–Trinajstić information content (AvgIpc) is 3.24. The number of hydrogen-bond donors (Lipinski definition) is 1. The van der Waals surface area contributed by atoms with E-state index in [0.717, 1.165) is 42.9 Å². The zero-order valence-electron chi connectivity index (χ0n) is 14.1. The average molecular weight is 342 g/mol. The van der Waals surface area contributed by atoms with Crippen LogP contribution in [0.1, 0.15) is 24.1 Å². The lowest BCUT2D eigenvalue weighted by molar-refractivity contribution is 0.153. The minimum Gasteiger partial charge on any atom is -0.396 e. The third-order valence-electron chi connectivity index (χ3n) is 4.73. The maximum absolute atomic E-state index is 8.98. The van der Waals surface area contributed by atoms with Crippen LogP contribution >= 0.6 is 0 Å². The molecule has 1 aliphatic heterocycles. The van der Waals surface area contributed by atoms with Crippen molar-refractivity contribution in [1.82, 2.24) is 30.2 Å². The molecule has 2 aromatic heterocycles. The third kappa shape index (κ3) is 3.85. The summed E-state index contributed by atoms with van der Waals surface area (Å²) in [6, 6.07) is 6.10. The predicted octanol–water partition coefficient (Wildman–Crippen LogP) is 1.26. The molecule has 3 heterocycles. The second kappa shape index (κ2) is 7.28. The summed E-state index contributed by atoms with van der Waals surface area (Å²) in [5.41, 5.74) is 3.69. The van der Waals surface area contributed by atoms with Gasteiger partial charge >= 0.3 is 0 Å². The molecule has 1 saturated heterocycles. The SMILES string of the molecule is OCCc1cn(C[C@@H]2CCCN(Cc3ccc4nonc4c3)C2)nn1. The fourth-order valence-corrected chi connectivity index (χ4v) is 3.55. The van der Waals surface area contributed by atoms with Crippen molar-refractivity contribution in [3.63, 3.8) is 0 Å². The lowest BCUT2D eigenvalue weighted by Crippen LogP contribution is -2.36. The summed E-state index contributed by atoms with van der Waals surface area (Å²) in [4.78, 5) is 2.48. The van der Waals surface area contributed by atoms with Crippen LogP contribution in [0.25, 0.3) is 11.0 Å². The van der Waals surface area contributed by atoms with Gasteiger partial charge in [0, 0.05) is 38.9 Å². The maximum Gasteiger partial charge on any atom is 0.135 e. The first-order chi connectivity index (χ1) is 12.3. The molecule has 25 heavy (non-hydrogen) atoms. The maximum atomic E-state index is 8.98. The van der Waals surface area contributed by atoms with E-state index in [1.165, 1.54) is 18.4 Å². The fraction of sp³-hybridized carbons (Fsp3) is 0.529. The lowest BCUT2D eigenvalue weighted by atomic mass is 9.97. The summed E-state index contributed by atoms with van der Waals surface area (Å²) < 4.78 is 6.68. The summed E-state index contributed by atoms with van der Waals surface area (Å²) >= 11 is 0. The van der Waals surface area contributed by atoms with E-state index in [4.69, 9.17) is 9.74 Å². The van der Waals surface area contributed by atoms with Crippen molar-refractivity contribution < 1.29 is 9.74 Å². The summed E-state index contributed by atoms with van der Waals surface area (Å²) in [7, 11) is 0. The Labute approximate surface area is 145 Å². The molecule has 1 atom stereocenters. The Hall–Kier alpha value is -2.32. The number of hydrogen-bond acceptors (Lipinski definition) is 7. The van der Waals surface area contributed by atoms with E-state index >= 15 is 0 Å². The van der Waals surface area contributed by atoms with Gasteiger partial charge in [-0.3, -0.25) is 9.58 Å². The number of rotatable bonds is 6. The second-order valence-electron chi connectivity index (χ2n) is 6.74. The van der Waals surface area contributed by atoms with Crippen molar-refractivity contribution in [2.45, 2.75) is 32.4 Å². The minimum atomic E-state index is 0.112. The van der Waals surface area contributed by atoms with Crippen molar-refractivity contribution in [3.8, 4) is 0 Å². The van der Waals surface area contributed by atoms with Crippen LogP contribution in [0.5, 0.6) is 0 Å². The molecule has 1 fully saturated rings. The zero-order chi connectivity index (χ0) is 17.1. The molecule has 4 rings (SSSR count). The van der Waals surface area contributed by atoms with E-state index in [-0.39, 0.29) is 6.61 Å². The molecule has 0 spiro atoms. The Morgan fingerprint density at radius 3 is 3.08 bits per heavy atom. The molecule has 3 aromatic rings. The van der Waals surface area contributed by atoms with E-state index in [9.17, 15) is 0 Å². The molecular formula is C17H22N6O2. The zero-order valence-corrected chi connectivity index (χ0v) is 14.1. The normalized spacial score (nSPS) is 18.8. The van der Waals surface area contributed by atoms with Crippen LogP contribution in [0.15, 0.2) is 29.0 Å². The molecule has 132 valence electrons. The van der Waals surface area contributed by atoms with Crippen LogP contribution in [0.4, 0.5) is 0 Å². The molecule has 0 aliphatic carbocycles. The number of aromatic nitrogens is 5. The van der Waals surface area contributed by atoms with Crippen LogP contribution in [0.2, 0.25) is 0 Å². The number of aliphatic hydroxyl groups is 1. The van der Waals surface area contributed by atoms with Gasteiger partial charge in [-0.1, -0.05) is 11.3 Å². The van der Waals surface area contributed by atoms with Gasteiger partial charge in [-0.05, 0) is 53.3 Å². The van der Waals surface area contributed by atoms with Gasteiger partial charge in [0.25, 0.3) is 0 Å². The standard InChI is InChI=1S/C17H22N6O2/c24-7-5-15-12-23(21-18-15)11-14-2-1-6-22(10-14)9-13-3-4-16-17(8-13)20-25-19-16/h3-4,8,12,14,24H,1-2,5-7,9-11H2/t14-/m1/s1. The third-order valence-corrected chi connectivity index (χ3v) is 4.73. The van der Waals surface area contributed by atoms with Crippen molar-refractivity contribution in [1.29, 1.82) is 0 Å². The number of benzene rings is 1. The first-order valence-corrected chi connectivity index (χ1v) is 8.73. The Kier molecular flexibility index (Phi) is 4.71. The van der Waals surface area contributed by atoms with E-state index in [2.05, 4.69) is 31.6 Å². The number of nitrogens with zero attached hydrogens (tertiary/aromatic N) is 6. The lowest BCUT2D eigenvalue weighted by Gasteiger charge is -2.32. The van der Waals surface area contributed by atoms with Gasteiger partial charge in [-0.2, -0.15) is 0 Å². The first-order valence-electron chi connectivity index (χ1n) is 8.73. The molecule has 0 saturated carbocycles.